The highest BCUT2D eigenvalue weighted by atomic mass is 16.1. The van der Waals surface area contributed by atoms with Crippen LogP contribution in [0.25, 0.3) is 0 Å². The minimum Gasteiger partial charge on any atom is -0.383 e. The molecule has 0 unspecified atom stereocenters. The van der Waals surface area contributed by atoms with Crippen LogP contribution in [0.15, 0.2) is 42.6 Å². The van der Waals surface area contributed by atoms with Crippen LogP contribution in [0.2, 0.25) is 0 Å². The van der Waals surface area contributed by atoms with Gasteiger partial charge in [-0.1, -0.05) is 12.1 Å². The van der Waals surface area contributed by atoms with E-state index in [4.69, 9.17) is 11.0 Å². The zero-order chi connectivity index (χ0) is 13.7. The number of aromatic nitrogens is 1. The van der Waals surface area contributed by atoms with Crippen LogP contribution in [0.1, 0.15) is 15.9 Å². The molecule has 5 nitrogen and oxygen atoms in total. The molecule has 0 radical (unpaired) electrons. The molecule has 1 aromatic heterocycles. The molecule has 0 aliphatic carbocycles. The topological polar surface area (TPSA) is 91.8 Å². The van der Waals surface area contributed by atoms with Crippen molar-refractivity contribution in [3.63, 3.8) is 0 Å². The van der Waals surface area contributed by atoms with Gasteiger partial charge in [0.25, 0.3) is 5.91 Å². The number of benzene rings is 1. The molecular formula is C14H12N4O. The Balaban J connectivity index is 2.11. The van der Waals surface area contributed by atoms with E-state index in [1.165, 1.54) is 6.20 Å². The predicted octanol–water partition coefficient (Wildman–Crippen LogP) is 1.98. The van der Waals surface area contributed by atoms with Crippen LogP contribution in [-0.4, -0.2) is 10.9 Å². The fraction of sp³-hybridized carbons (Fsp3) is 0.0714. The van der Waals surface area contributed by atoms with E-state index >= 15 is 0 Å². The van der Waals surface area contributed by atoms with Crippen molar-refractivity contribution in [3.05, 3.63) is 53.7 Å². The number of nitrogens with zero attached hydrogens (tertiary/aromatic N) is 2. The number of nitrogens with two attached hydrogens (primary N) is 1. The second-order valence-electron chi connectivity index (χ2n) is 3.92. The third-order valence-corrected chi connectivity index (χ3v) is 2.58. The smallest absolute Gasteiger partial charge is 0.259 e. The minimum atomic E-state index is -0.307. The highest BCUT2D eigenvalue weighted by Gasteiger charge is 2.09. The minimum absolute atomic E-state index is 0.195. The fourth-order valence-electron chi connectivity index (χ4n) is 1.61. The number of hydrogen-bond acceptors (Lipinski definition) is 4. The quantitative estimate of drug-likeness (QED) is 0.873. The number of amides is 1. The van der Waals surface area contributed by atoms with Crippen LogP contribution in [0, 0.1) is 11.3 Å². The summed E-state index contributed by atoms with van der Waals surface area (Å²) >= 11 is 0. The summed E-state index contributed by atoms with van der Waals surface area (Å²) in [6.07, 6.45) is 1.88. The predicted molar refractivity (Wildman–Crippen MR) is 72.4 cm³/mol. The van der Waals surface area contributed by atoms with E-state index in [-0.39, 0.29) is 11.7 Å². The van der Waals surface area contributed by atoms with E-state index in [0.29, 0.717) is 17.7 Å². The Morgan fingerprint density at radius 1 is 1.32 bits per heavy atom. The van der Waals surface area contributed by atoms with Crippen molar-refractivity contribution < 1.29 is 4.79 Å². The van der Waals surface area contributed by atoms with E-state index in [1.807, 2.05) is 0 Å². The number of carbonyl (C=O) groups is 1. The van der Waals surface area contributed by atoms with E-state index in [9.17, 15) is 4.79 Å². The molecular weight excluding hydrogens is 240 g/mol. The van der Waals surface area contributed by atoms with Gasteiger partial charge in [0.15, 0.2) is 0 Å². The van der Waals surface area contributed by atoms with Gasteiger partial charge in [-0.25, -0.2) is 4.98 Å². The van der Waals surface area contributed by atoms with Gasteiger partial charge in [0.05, 0.1) is 18.1 Å². The molecule has 94 valence electrons. The van der Waals surface area contributed by atoms with Crippen molar-refractivity contribution >= 4 is 17.4 Å². The molecule has 1 aromatic carbocycles. The summed E-state index contributed by atoms with van der Waals surface area (Å²) in [4.78, 5) is 15.8. The van der Waals surface area contributed by atoms with Gasteiger partial charge in [-0.05, 0) is 29.8 Å². The standard InChI is InChI=1S/C14H12N4O/c15-8-7-10-3-5-11(6-4-10)18-14(19)12-2-1-9-17-13(12)16/h1-6,9H,7H2,(H2,16,17)(H,18,19). The number of nitrogen functional groups attached to an aromatic ring is 1. The Bertz CT molecular complexity index is 629. The Kier molecular flexibility index (Phi) is 3.74. The van der Waals surface area contributed by atoms with Crippen LogP contribution in [0.3, 0.4) is 0 Å². The molecule has 0 saturated carbocycles. The van der Waals surface area contributed by atoms with Gasteiger partial charge in [-0.15, -0.1) is 0 Å². The lowest BCUT2D eigenvalue weighted by molar-refractivity contribution is 0.102. The van der Waals surface area contributed by atoms with Crippen molar-refractivity contribution in [2.75, 3.05) is 11.1 Å². The third-order valence-electron chi connectivity index (χ3n) is 2.58. The Labute approximate surface area is 110 Å². The first kappa shape index (κ1) is 12.6. The molecule has 0 saturated heterocycles. The molecule has 19 heavy (non-hydrogen) atoms. The number of nitriles is 1. The van der Waals surface area contributed by atoms with Gasteiger partial charge < -0.3 is 11.1 Å². The second-order valence-corrected chi connectivity index (χ2v) is 3.92. The van der Waals surface area contributed by atoms with E-state index in [2.05, 4.69) is 16.4 Å². The van der Waals surface area contributed by atoms with Gasteiger partial charge in [-0.3, -0.25) is 4.79 Å². The maximum absolute atomic E-state index is 12.0. The molecule has 1 heterocycles. The number of rotatable bonds is 3. The number of nitrogens with one attached hydrogen (secondary N) is 1. The zero-order valence-corrected chi connectivity index (χ0v) is 10.1. The largest absolute Gasteiger partial charge is 0.383 e. The van der Waals surface area contributed by atoms with Crippen molar-refractivity contribution in [2.24, 2.45) is 0 Å². The third kappa shape index (κ3) is 3.07. The molecule has 0 bridgehead atoms. The summed E-state index contributed by atoms with van der Waals surface area (Å²) in [5.41, 5.74) is 7.52. The average Bonchev–Trinajstić information content (AvgIpc) is 2.42. The lowest BCUT2D eigenvalue weighted by Gasteiger charge is -2.07. The average molecular weight is 252 g/mol. The molecule has 0 fully saturated rings. The summed E-state index contributed by atoms with van der Waals surface area (Å²) in [5, 5.41) is 11.3. The van der Waals surface area contributed by atoms with Gasteiger partial charge in [0.2, 0.25) is 0 Å². The van der Waals surface area contributed by atoms with Crippen molar-refractivity contribution in [3.8, 4) is 6.07 Å². The fourth-order valence-corrected chi connectivity index (χ4v) is 1.61. The monoisotopic (exact) mass is 252 g/mol. The first-order chi connectivity index (χ1) is 9.20. The Morgan fingerprint density at radius 3 is 2.68 bits per heavy atom. The summed E-state index contributed by atoms with van der Waals surface area (Å²) in [6, 6.07) is 12.4. The summed E-state index contributed by atoms with van der Waals surface area (Å²) in [5.74, 6) is -0.111. The number of carbonyl (C=O) groups excluding carboxylic acids is 1. The maximum atomic E-state index is 12.0. The number of hydrogen-bond donors (Lipinski definition) is 2. The Morgan fingerprint density at radius 2 is 2.05 bits per heavy atom. The van der Waals surface area contributed by atoms with Crippen molar-refractivity contribution in [2.45, 2.75) is 6.42 Å². The lowest BCUT2D eigenvalue weighted by Crippen LogP contribution is -2.14. The van der Waals surface area contributed by atoms with Crippen LogP contribution in [-0.2, 0) is 6.42 Å². The summed E-state index contributed by atoms with van der Waals surface area (Å²) in [7, 11) is 0. The molecule has 5 heteroatoms. The zero-order valence-electron chi connectivity index (χ0n) is 10.1. The SMILES string of the molecule is N#CCc1ccc(NC(=O)c2cccnc2N)cc1. The molecule has 2 rings (SSSR count). The van der Waals surface area contributed by atoms with Crippen molar-refractivity contribution in [1.82, 2.24) is 4.98 Å². The molecule has 0 aliphatic heterocycles. The van der Waals surface area contributed by atoms with Crippen LogP contribution in [0.4, 0.5) is 11.5 Å². The molecule has 0 aliphatic rings. The van der Waals surface area contributed by atoms with E-state index < -0.39 is 0 Å². The van der Waals surface area contributed by atoms with Gasteiger partial charge in [0, 0.05) is 11.9 Å². The van der Waals surface area contributed by atoms with Gasteiger partial charge >= 0.3 is 0 Å². The molecule has 1 amide bonds. The molecule has 0 atom stereocenters. The van der Waals surface area contributed by atoms with E-state index in [1.54, 1.807) is 36.4 Å². The number of pyridine rings is 1. The van der Waals surface area contributed by atoms with Crippen LogP contribution in [0.5, 0.6) is 0 Å². The van der Waals surface area contributed by atoms with Crippen LogP contribution < -0.4 is 11.1 Å². The molecule has 2 aromatic rings. The van der Waals surface area contributed by atoms with Gasteiger partial charge in [0.1, 0.15) is 5.82 Å². The summed E-state index contributed by atoms with van der Waals surface area (Å²) < 4.78 is 0. The highest BCUT2D eigenvalue weighted by molar-refractivity contribution is 6.07. The Hall–Kier alpha value is -2.87. The van der Waals surface area contributed by atoms with Gasteiger partial charge in [-0.2, -0.15) is 5.26 Å². The first-order valence-electron chi connectivity index (χ1n) is 5.68. The highest BCUT2D eigenvalue weighted by Crippen LogP contribution is 2.13. The normalized spacial score (nSPS) is 9.63. The van der Waals surface area contributed by atoms with Crippen LogP contribution >= 0.6 is 0 Å². The van der Waals surface area contributed by atoms with Crippen molar-refractivity contribution in [1.29, 1.82) is 5.26 Å². The van der Waals surface area contributed by atoms with E-state index in [0.717, 1.165) is 5.56 Å². The molecule has 0 spiro atoms. The maximum Gasteiger partial charge on any atom is 0.259 e. The lowest BCUT2D eigenvalue weighted by atomic mass is 10.1. The number of anilines is 2. The first-order valence-corrected chi connectivity index (χ1v) is 5.68. The second kappa shape index (κ2) is 5.65. The molecule has 3 N–H and O–H groups in total. The summed E-state index contributed by atoms with van der Waals surface area (Å²) in [6.45, 7) is 0.